The van der Waals surface area contributed by atoms with Crippen molar-refractivity contribution in [1.29, 1.82) is 0 Å². The van der Waals surface area contributed by atoms with Gasteiger partial charge >= 0.3 is 5.97 Å². The fourth-order valence-electron chi connectivity index (χ4n) is 5.95. The minimum atomic E-state index is -0.681. The van der Waals surface area contributed by atoms with E-state index in [9.17, 15) is 14.7 Å². The van der Waals surface area contributed by atoms with E-state index in [2.05, 4.69) is 5.32 Å². The van der Waals surface area contributed by atoms with Crippen LogP contribution in [0.3, 0.4) is 0 Å². The monoisotopic (exact) mass is 583 g/mol. The Bertz CT molecular complexity index is 1570. The molecular weight excluding hydrogens is 546 g/mol. The summed E-state index contributed by atoms with van der Waals surface area (Å²) >= 11 is 0. The molecular formula is C35H37NO7. The van der Waals surface area contributed by atoms with Gasteiger partial charge in [0.2, 0.25) is 0 Å². The van der Waals surface area contributed by atoms with Gasteiger partial charge in [-0.2, -0.15) is 0 Å². The minimum absolute atomic E-state index is 0.00934. The van der Waals surface area contributed by atoms with E-state index in [1.165, 1.54) is 6.07 Å². The number of nitrogens with one attached hydrogen (secondary N) is 1. The Hall–Kier alpha value is -4.72. The highest BCUT2D eigenvalue weighted by Crippen LogP contribution is 2.47. The molecule has 0 fully saturated rings. The third-order valence-corrected chi connectivity index (χ3v) is 8.01. The first-order valence-electron chi connectivity index (χ1n) is 14.5. The summed E-state index contributed by atoms with van der Waals surface area (Å²) in [6, 6.07) is 20.5. The van der Waals surface area contributed by atoms with Crippen molar-refractivity contribution >= 4 is 11.8 Å². The first-order valence-corrected chi connectivity index (χ1v) is 14.5. The third-order valence-electron chi connectivity index (χ3n) is 8.01. The number of hydrogen-bond donors (Lipinski definition) is 2. The van der Waals surface area contributed by atoms with Gasteiger partial charge in [0.25, 0.3) is 0 Å². The molecule has 1 aliphatic carbocycles. The summed E-state index contributed by atoms with van der Waals surface area (Å²) in [5.41, 5.74) is 5.00. The Morgan fingerprint density at radius 3 is 2.37 bits per heavy atom. The molecule has 1 heterocycles. The number of carbonyl (C=O) groups is 2. The maximum atomic E-state index is 14.0. The Labute approximate surface area is 251 Å². The second-order valence-electron chi connectivity index (χ2n) is 10.7. The number of esters is 1. The van der Waals surface area contributed by atoms with E-state index in [1.54, 1.807) is 26.4 Å². The number of phenols is 1. The van der Waals surface area contributed by atoms with Crippen LogP contribution in [0.1, 0.15) is 55.2 Å². The van der Waals surface area contributed by atoms with E-state index in [4.69, 9.17) is 18.9 Å². The minimum Gasteiger partial charge on any atom is -0.504 e. The quantitative estimate of drug-likeness (QED) is 0.282. The van der Waals surface area contributed by atoms with Gasteiger partial charge < -0.3 is 29.4 Å². The first kappa shape index (κ1) is 29.8. The molecule has 2 N–H and O–H groups in total. The molecule has 0 saturated carbocycles. The van der Waals surface area contributed by atoms with Crippen LogP contribution in [0.25, 0.3) is 0 Å². The van der Waals surface area contributed by atoms with Gasteiger partial charge in [-0.05, 0) is 67.1 Å². The van der Waals surface area contributed by atoms with Gasteiger partial charge in [-0.3, -0.25) is 4.79 Å². The van der Waals surface area contributed by atoms with Crippen molar-refractivity contribution < 1.29 is 33.6 Å². The fraction of sp³-hybridized carbons (Fsp3) is 0.314. The van der Waals surface area contributed by atoms with E-state index < -0.39 is 11.9 Å². The summed E-state index contributed by atoms with van der Waals surface area (Å²) in [5, 5.41) is 13.8. The summed E-state index contributed by atoms with van der Waals surface area (Å²) in [6.07, 6.45) is 1.40. The lowest BCUT2D eigenvalue weighted by atomic mass is 9.71. The average Bonchev–Trinajstić information content (AvgIpc) is 3.01. The zero-order valence-corrected chi connectivity index (χ0v) is 24.9. The predicted octanol–water partition coefficient (Wildman–Crippen LogP) is 5.96. The van der Waals surface area contributed by atoms with Crippen LogP contribution in [0.5, 0.6) is 23.0 Å². The number of hydrogen-bond acceptors (Lipinski definition) is 8. The normalized spacial score (nSPS) is 18.1. The van der Waals surface area contributed by atoms with Crippen LogP contribution in [0, 0.1) is 0 Å². The van der Waals surface area contributed by atoms with Crippen LogP contribution >= 0.6 is 0 Å². The highest BCUT2D eigenvalue weighted by molar-refractivity contribution is 6.04. The summed E-state index contributed by atoms with van der Waals surface area (Å²) in [4.78, 5) is 27.7. The number of carbonyl (C=O) groups excluding carboxylic acids is 2. The second kappa shape index (κ2) is 13.1. The van der Waals surface area contributed by atoms with Gasteiger partial charge in [0, 0.05) is 35.7 Å². The van der Waals surface area contributed by atoms with Gasteiger partial charge in [-0.15, -0.1) is 0 Å². The van der Waals surface area contributed by atoms with Gasteiger partial charge in [-0.25, -0.2) is 4.79 Å². The maximum absolute atomic E-state index is 14.0. The van der Waals surface area contributed by atoms with Crippen LogP contribution in [-0.4, -0.2) is 44.3 Å². The smallest absolute Gasteiger partial charge is 0.336 e. The van der Waals surface area contributed by atoms with Crippen LogP contribution < -0.4 is 19.5 Å². The summed E-state index contributed by atoms with van der Waals surface area (Å²) in [7, 11) is 3.18. The number of aromatic hydroxyl groups is 1. The fourth-order valence-corrected chi connectivity index (χ4v) is 5.95. The molecule has 0 unspecified atom stereocenters. The van der Waals surface area contributed by atoms with E-state index in [1.807, 2.05) is 62.4 Å². The number of rotatable bonds is 10. The molecule has 224 valence electrons. The molecule has 8 nitrogen and oxygen atoms in total. The van der Waals surface area contributed by atoms with Crippen molar-refractivity contribution in [3.05, 3.63) is 106 Å². The molecule has 8 heteroatoms. The molecule has 2 atom stereocenters. The Morgan fingerprint density at radius 1 is 0.930 bits per heavy atom. The Balaban J connectivity index is 1.50. The van der Waals surface area contributed by atoms with Gasteiger partial charge in [0.05, 0.1) is 33.0 Å². The lowest BCUT2D eigenvalue weighted by molar-refractivity contribution is -0.139. The summed E-state index contributed by atoms with van der Waals surface area (Å²) in [5.74, 6) is 0.183. The molecule has 0 spiro atoms. The molecule has 5 rings (SSSR count). The van der Waals surface area contributed by atoms with Gasteiger partial charge in [-0.1, -0.05) is 42.5 Å². The molecule has 1 aliphatic heterocycles. The molecule has 0 amide bonds. The third kappa shape index (κ3) is 6.23. The highest BCUT2D eigenvalue weighted by Gasteiger charge is 2.41. The number of ether oxygens (including phenoxy) is 4. The van der Waals surface area contributed by atoms with Crippen molar-refractivity contribution in [2.45, 2.75) is 44.9 Å². The molecule has 0 aromatic heterocycles. The highest BCUT2D eigenvalue weighted by atomic mass is 16.5. The van der Waals surface area contributed by atoms with Crippen LogP contribution in [-0.2, 0) is 20.7 Å². The van der Waals surface area contributed by atoms with Crippen molar-refractivity contribution in [2.75, 3.05) is 27.4 Å². The number of benzene rings is 3. The van der Waals surface area contributed by atoms with Gasteiger partial charge in [0.1, 0.15) is 0 Å². The maximum Gasteiger partial charge on any atom is 0.336 e. The first-order chi connectivity index (χ1) is 20.8. The largest absolute Gasteiger partial charge is 0.504 e. The lowest BCUT2D eigenvalue weighted by Gasteiger charge is -2.37. The summed E-state index contributed by atoms with van der Waals surface area (Å²) in [6.45, 7) is 4.22. The van der Waals surface area contributed by atoms with Crippen LogP contribution in [0.15, 0.2) is 89.3 Å². The van der Waals surface area contributed by atoms with Crippen LogP contribution in [0.2, 0.25) is 0 Å². The number of phenolic OH excluding ortho intramolecular Hbond substituents is 1. The van der Waals surface area contributed by atoms with E-state index in [0.717, 1.165) is 16.8 Å². The molecule has 2 aliphatic rings. The lowest BCUT2D eigenvalue weighted by Crippen LogP contribution is -2.36. The number of dihydropyridines is 1. The van der Waals surface area contributed by atoms with Crippen molar-refractivity contribution in [3.8, 4) is 23.0 Å². The van der Waals surface area contributed by atoms with Gasteiger partial charge in [0.15, 0.2) is 28.8 Å². The number of methoxy groups -OCH3 is 2. The number of ketones is 1. The van der Waals surface area contributed by atoms with Crippen molar-refractivity contribution in [3.63, 3.8) is 0 Å². The van der Waals surface area contributed by atoms with Crippen molar-refractivity contribution in [1.82, 2.24) is 5.32 Å². The Kier molecular flexibility index (Phi) is 9.04. The average molecular weight is 584 g/mol. The molecule has 0 saturated heterocycles. The number of allylic oxidation sites excluding steroid dienone is 3. The summed E-state index contributed by atoms with van der Waals surface area (Å²) < 4.78 is 22.3. The van der Waals surface area contributed by atoms with E-state index >= 15 is 0 Å². The molecule has 0 bridgehead atoms. The number of Topliss-reactive ketones (excluding diaryl/α,β-unsaturated/α-hetero) is 1. The zero-order valence-electron chi connectivity index (χ0n) is 24.9. The zero-order chi connectivity index (χ0) is 30.5. The molecule has 43 heavy (non-hydrogen) atoms. The Morgan fingerprint density at radius 2 is 1.65 bits per heavy atom. The topological polar surface area (TPSA) is 103 Å². The van der Waals surface area contributed by atoms with E-state index in [0.29, 0.717) is 59.1 Å². The second-order valence-corrected chi connectivity index (χ2v) is 10.7. The molecule has 0 radical (unpaired) electrons. The molecule has 3 aromatic rings. The van der Waals surface area contributed by atoms with Crippen molar-refractivity contribution in [2.24, 2.45) is 0 Å². The van der Waals surface area contributed by atoms with Crippen LogP contribution in [0.4, 0.5) is 0 Å². The molecule has 3 aromatic carbocycles. The van der Waals surface area contributed by atoms with E-state index in [-0.39, 0.29) is 30.5 Å². The SMILES string of the molecule is CCOc1cc([C@@H]2C(C(=O)OCCc3ccccc3)=C(C)NC3=C2C(=O)C[C@H](c2ccc(OC)c(OC)c2)C3)ccc1O. The standard InChI is InChI=1S/C35H37NO7/c1-5-42-30-20-24(11-13-27(30)37)33-32(35(39)43-16-15-22-9-7-6-8-10-22)21(2)36-26-17-25(18-28(38)34(26)33)23-12-14-29(40-3)31(19-23)41-4/h6-14,19-20,25,33,36-37H,5,15-18H2,1-4H3/t25-,33-/m1/s1. The predicted molar refractivity (Wildman–Crippen MR) is 163 cm³/mol.